The van der Waals surface area contributed by atoms with Crippen molar-refractivity contribution < 1.29 is 8.92 Å². The van der Waals surface area contributed by atoms with Crippen molar-refractivity contribution in [3.63, 3.8) is 0 Å². The first-order valence-electron chi connectivity index (χ1n) is 3.76. The Morgan fingerprint density at radius 3 is 3.00 bits per heavy atom. The molecule has 0 aromatic carbocycles. The van der Waals surface area contributed by atoms with E-state index in [0.717, 1.165) is 13.0 Å². The molecule has 1 aliphatic rings. The summed E-state index contributed by atoms with van der Waals surface area (Å²) in [7, 11) is 0. The summed E-state index contributed by atoms with van der Waals surface area (Å²) in [6.45, 7) is 2.95. The Hall–Kier alpha value is 0.270. The molecule has 2 unspecified atom stereocenters. The van der Waals surface area contributed by atoms with Crippen LogP contribution in [0.2, 0.25) is 0 Å². The summed E-state index contributed by atoms with van der Waals surface area (Å²) in [5.41, 5.74) is 0. The summed E-state index contributed by atoms with van der Waals surface area (Å²) in [6, 6.07) is 0. The fourth-order valence-electron chi connectivity index (χ4n) is 1.20. The fraction of sp³-hybridized carbons (Fsp3) is 1.00. The summed E-state index contributed by atoms with van der Waals surface area (Å²) in [4.78, 5) is 0. The monoisotopic (exact) mass is 162 g/mol. The molecular formula is C7H14O2S. The van der Waals surface area contributed by atoms with E-state index in [9.17, 15) is 0 Å². The quantitative estimate of drug-likeness (QED) is 0.469. The first-order valence-corrected chi connectivity index (χ1v) is 4.13. The normalized spacial score (nSPS) is 35.4. The third-order valence-electron chi connectivity index (χ3n) is 1.90. The minimum atomic E-state index is -0.0918. The van der Waals surface area contributed by atoms with E-state index >= 15 is 0 Å². The topological polar surface area (TPSA) is 18.5 Å². The van der Waals surface area contributed by atoms with Gasteiger partial charge in [0.15, 0.2) is 6.29 Å². The van der Waals surface area contributed by atoms with Gasteiger partial charge in [-0.1, -0.05) is 13.3 Å². The highest BCUT2D eigenvalue weighted by Crippen LogP contribution is 2.21. The van der Waals surface area contributed by atoms with E-state index in [4.69, 9.17) is 8.92 Å². The maximum Gasteiger partial charge on any atom is 0.172 e. The van der Waals surface area contributed by atoms with Gasteiger partial charge < -0.3 is 4.74 Å². The van der Waals surface area contributed by atoms with Gasteiger partial charge in [-0.2, -0.15) is 0 Å². The van der Waals surface area contributed by atoms with Gasteiger partial charge in [-0.3, -0.25) is 4.18 Å². The lowest BCUT2D eigenvalue weighted by atomic mass is 10.1. The average molecular weight is 162 g/mol. The van der Waals surface area contributed by atoms with Gasteiger partial charge in [0.1, 0.15) is 0 Å². The van der Waals surface area contributed by atoms with Gasteiger partial charge in [0, 0.05) is 12.5 Å². The molecule has 0 saturated carbocycles. The zero-order valence-electron chi connectivity index (χ0n) is 6.25. The second kappa shape index (κ2) is 4.21. The molecule has 0 N–H and O–H groups in total. The molecule has 0 aliphatic carbocycles. The summed E-state index contributed by atoms with van der Waals surface area (Å²) in [6.07, 6.45) is 3.49. The maximum atomic E-state index is 5.37. The van der Waals surface area contributed by atoms with E-state index in [1.54, 1.807) is 0 Å². The molecule has 0 aromatic heterocycles. The van der Waals surface area contributed by atoms with Crippen LogP contribution in [-0.2, 0) is 8.92 Å². The summed E-state index contributed by atoms with van der Waals surface area (Å²) in [5.74, 6) is 0.486. The molecule has 0 amide bonds. The Morgan fingerprint density at radius 1 is 1.50 bits per heavy atom. The first kappa shape index (κ1) is 8.37. The van der Waals surface area contributed by atoms with Gasteiger partial charge in [0.2, 0.25) is 0 Å². The van der Waals surface area contributed by atoms with Crippen molar-refractivity contribution >= 4 is 12.9 Å². The smallest absolute Gasteiger partial charge is 0.172 e. The molecular weight excluding hydrogens is 148 g/mol. The van der Waals surface area contributed by atoms with Crippen molar-refractivity contribution in [2.24, 2.45) is 5.92 Å². The van der Waals surface area contributed by atoms with Gasteiger partial charge in [0.25, 0.3) is 0 Å². The van der Waals surface area contributed by atoms with Crippen LogP contribution < -0.4 is 0 Å². The summed E-state index contributed by atoms with van der Waals surface area (Å²) < 4.78 is 10.2. The number of hydrogen-bond acceptors (Lipinski definition) is 3. The molecule has 1 aliphatic heterocycles. The Bertz CT molecular complexity index is 97.6. The van der Waals surface area contributed by atoms with Crippen LogP contribution in [-0.4, -0.2) is 12.9 Å². The number of rotatable bonds is 1. The van der Waals surface area contributed by atoms with Crippen molar-refractivity contribution in [3.8, 4) is 0 Å². The van der Waals surface area contributed by atoms with Crippen LogP contribution >= 0.6 is 12.9 Å². The van der Waals surface area contributed by atoms with E-state index in [2.05, 4.69) is 19.8 Å². The maximum absolute atomic E-state index is 5.37. The van der Waals surface area contributed by atoms with Crippen molar-refractivity contribution in [2.75, 3.05) is 6.61 Å². The van der Waals surface area contributed by atoms with Crippen LogP contribution in [0.1, 0.15) is 26.2 Å². The largest absolute Gasteiger partial charge is 0.351 e. The fourth-order valence-corrected chi connectivity index (χ4v) is 1.47. The second-order valence-corrected chi connectivity index (χ2v) is 3.03. The van der Waals surface area contributed by atoms with Gasteiger partial charge >= 0.3 is 0 Å². The molecule has 1 saturated heterocycles. The molecule has 60 valence electrons. The highest BCUT2D eigenvalue weighted by atomic mass is 32.1. The summed E-state index contributed by atoms with van der Waals surface area (Å²) >= 11 is 3.75. The molecule has 0 spiro atoms. The Kier molecular flexibility index (Phi) is 3.52. The zero-order valence-corrected chi connectivity index (χ0v) is 7.14. The Balaban J connectivity index is 2.35. The van der Waals surface area contributed by atoms with E-state index < -0.39 is 0 Å². The highest BCUT2D eigenvalue weighted by molar-refractivity contribution is 7.75. The molecule has 2 nitrogen and oxygen atoms in total. The van der Waals surface area contributed by atoms with Crippen molar-refractivity contribution in [1.29, 1.82) is 0 Å². The molecule has 10 heavy (non-hydrogen) atoms. The average Bonchev–Trinajstić information content (AvgIpc) is 2.13. The van der Waals surface area contributed by atoms with Gasteiger partial charge in [-0.25, -0.2) is 0 Å². The van der Waals surface area contributed by atoms with Crippen LogP contribution in [0.4, 0.5) is 0 Å². The third kappa shape index (κ3) is 2.15. The van der Waals surface area contributed by atoms with Crippen molar-refractivity contribution in [3.05, 3.63) is 0 Å². The zero-order chi connectivity index (χ0) is 7.40. The molecule has 1 heterocycles. The van der Waals surface area contributed by atoms with E-state index in [0.29, 0.717) is 5.92 Å². The summed E-state index contributed by atoms with van der Waals surface area (Å²) in [5, 5.41) is 0. The SMILES string of the molecule is CC1CCCCOC1OS. The van der Waals surface area contributed by atoms with Crippen LogP contribution in [0, 0.1) is 5.92 Å². The lowest BCUT2D eigenvalue weighted by molar-refractivity contribution is -0.0911. The van der Waals surface area contributed by atoms with Crippen LogP contribution in [0.3, 0.4) is 0 Å². The second-order valence-electron chi connectivity index (χ2n) is 2.82. The predicted molar refractivity (Wildman–Crippen MR) is 42.8 cm³/mol. The van der Waals surface area contributed by atoms with Crippen LogP contribution in [0.25, 0.3) is 0 Å². The molecule has 0 radical (unpaired) electrons. The Labute approximate surface area is 67.5 Å². The Morgan fingerprint density at radius 2 is 2.30 bits per heavy atom. The highest BCUT2D eigenvalue weighted by Gasteiger charge is 2.19. The molecule has 0 aromatic rings. The molecule has 1 fully saturated rings. The number of ether oxygens (including phenoxy) is 1. The molecule has 0 bridgehead atoms. The third-order valence-corrected chi connectivity index (χ3v) is 2.11. The van der Waals surface area contributed by atoms with Crippen molar-refractivity contribution in [1.82, 2.24) is 0 Å². The molecule has 1 rings (SSSR count). The van der Waals surface area contributed by atoms with Gasteiger partial charge in [-0.05, 0) is 25.8 Å². The van der Waals surface area contributed by atoms with Gasteiger partial charge in [-0.15, -0.1) is 0 Å². The van der Waals surface area contributed by atoms with Crippen LogP contribution in [0.15, 0.2) is 0 Å². The molecule has 3 heteroatoms. The lowest BCUT2D eigenvalue weighted by Crippen LogP contribution is -2.20. The standard InChI is InChI=1S/C7H14O2S/c1-6-4-2-3-5-8-7(6)9-10/h6-7,10H,2-5H2,1H3. The first-order chi connectivity index (χ1) is 4.84. The molecule has 2 atom stereocenters. The van der Waals surface area contributed by atoms with Gasteiger partial charge in [0.05, 0.1) is 0 Å². The minimum absolute atomic E-state index is 0.0918. The van der Waals surface area contributed by atoms with E-state index in [1.807, 2.05) is 0 Å². The number of thiol groups is 1. The van der Waals surface area contributed by atoms with E-state index in [1.165, 1.54) is 12.8 Å². The lowest BCUT2D eigenvalue weighted by Gasteiger charge is -2.17. The minimum Gasteiger partial charge on any atom is -0.351 e. The predicted octanol–water partition coefficient (Wildman–Crippen LogP) is 2.01. The number of hydrogen-bond donors (Lipinski definition) is 1. The van der Waals surface area contributed by atoms with Crippen molar-refractivity contribution in [2.45, 2.75) is 32.5 Å². The van der Waals surface area contributed by atoms with E-state index in [-0.39, 0.29) is 6.29 Å². The van der Waals surface area contributed by atoms with Crippen LogP contribution in [0.5, 0.6) is 0 Å².